The van der Waals surface area contributed by atoms with Gasteiger partial charge < -0.3 is 0 Å². The molecule has 0 N–H and O–H groups in total. The van der Waals surface area contributed by atoms with E-state index >= 15 is 0 Å². The molecule has 0 atom stereocenters. The number of alkyl halides is 3. The number of rotatable bonds is 4. The van der Waals surface area contributed by atoms with Crippen LogP contribution in [0.15, 0.2) is 91.0 Å². The average molecular weight is 470 g/mol. The van der Waals surface area contributed by atoms with Crippen LogP contribution in [0.2, 0.25) is 0 Å². The van der Waals surface area contributed by atoms with Crippen molar-refractivity contribution in [1.29, 1.82) is 0 Å². The molecule has 5 aromatic rings. The zero-order valence-corrected chi connectivity index (χ0v) is 19.1. The number of aryl methyl sites for hydroxylation is 2. The molecule has 0 bridgehead atoms. The number of nitrogens with zero attached hydrogens (tertiary/aromatic N) is 4. The Morgan fingerprint density at radius 1 is 0.629 bits per heavy atom. The molecule has 0 radical (unpaired) electrons. The molecule has 0 aliphatic heterocycles. The van der Waals surface area contributed by atoms with Gasteiger partial charge in [-0.25, -0.2) is 9.97 Å². The summed E-state index contributed by atoms with van der Waals surface area (Å²) in [6.07, 6.45) is -4.64. The molecule has 35 heavy (non-hydrogen) atoms. The molecule has 0 saturated heterocycles. The molecule has 0 spiro atoms. The molecule has 2 aromatic heterocycles. The largest absolute Gasteiger partial charge is 0.433 e. The Kier molecular flexibility index (Phi) is 5.68. The van der Waals surface area contributed by atoms with Crippen LogP contribution in [-0.2, 0) is 6.18 Å². The molecule has 7 heteroatoms. The van der Waals surface area contributed by atoms with Gasteiger partial charge >= 0.3 is 6.18 Å². The predicted octanol–water partition coefficient (Wildman–Crippen LogP) is 7.30. The SMILES string of the molecule is Cc1cccc(-c2cc(-c3cccc(C)c3)n(-c3nc(-c4ccccc4)cc(C(F)(F)F)n3)n2)c1. The lowest BCUT2D eigenvalue weighted by Gasteiger charge is -2.12. The quantitative estimate of drug-likeness (QED) is 0.277. The molecule has 0 unspecified atom stereocenters. The van der Waals surface area contributed by atoms with Gasteiger partial charge in [-0.1, -0.05) is 77.9 Å². The Labute approximate surface area is 200 Å². The topological polar surface area (TPSA) is 43.6 Å². The lowest BCUT2D eigenvalue weighted by Crippen LogP contribution is -2.14. The Bertz CT molecular complexity index is 1500. The highest BCUT2D eigenvalue weighted by molar-refractivity contribution is 5.71. The maximum atomic E-state index is 13.9. The molecular weight excluding hydrogens is 449 g/mol. The lowest BCUT2D eigenvalue weighted by molar-refractivity contribution is -0.141. The molecule has 2 heterocycles. The third kappa shape index (κ3) is 4.71. The second-order valence-corrected chi connectivity index (χ2v) is 8.37. The van der Waals surface area contributed by atoms with E-state index in [1.165, 1.54) is 4.68 Å². The maximum absolute atomic E-state index is 13.9. The van der Waals surface area contributed by atoms with E-state index in [9.17, 15) is 13.2 Å². The average Bonchev–Trinajstić information content (AvgIpc) is 3.30. The number of halogens is 3. The Hall–Kier alpha value is -4.26. The molecule has 0 fully saturated rings. The maximum Gasteiger partial charge on any atom is 0.433 e. The van der Waals surface area contributed by atoms with Crippen LogP contribution in [-0.4, -0.2) is 19.7 Å². The standard InChI is InChI=1S/C28H21F3N4/c1-18-8-6-12-21(14-18)24-16-25(22-13-7-9-19(2)15-22)35(34-24)27-32-23(20-10-4-3-5-11-20)17-26(33-27)28(29,30)31/h3-17H,1-2H3. The fourth-order valence-corrected chi connectivity index (χ4v) is 3.92. The molecule has 4 nitrogen and oxygen atoms in total. The third-order valence-electron chi connectivity index (χ3n) is 5.60. The predicted molar refractivity (Wildman–Crippen MR) is 130 cm³/mol. The van der Waals surface area contributed by atoms with Gasteiger partial charge in [0.25, 0.3) is 5.95 Å². The molecule has 3 aromatic carbocycles. The van der Waals surface area contributed by atoms with Gasteiger partial charge in [0.15, 0.2) is 5.69 Å². The minimum absolute atomic E-state index is 0.144. The van der Waals surface area contributed by atoms with Gasteiger partial charge in [-0.05, 0) is 38.1 Å². The summed E-state index contributed by atoms with van der Waals surface area (Å²) in [7, 11) is 0. The summed E-state index contributed by atoms with van der Waals surface area (Å²) in [5, 5.41) is 4.68. The molecule has 0 aliphatic carbocycles. The highest BCUT2D eigenvalue weighted by Crippen LogP contribution is 2.33. The van der Waals surface area contributed by atoms with E-state index in [0.717, 1.165) is 28.3 Å². The van der Waals surface area contributed by atoms with E-state index in [4.69, 9.17) is 0 Å². The van der Waals surface area contributed by atoms with E-state index in [0.29, 0.717) is 17.0 Å². The molecule has 0 aliphatic rings. The minimum Gasteiger partial charge on any atom is -0.211 e. The van der Waals surface area contributed by atoms with Crippen LogP contribution in [0.1, 0.15) is 16.8 Å². The monoisotopic (exact) mass is 470 g/mol. The molecular formula is C28H21F3N4. The van der Waals surface area contributed by atoms with Crippen LogP contribution in [0.4, 0.5) is 13.2 Å². The smallest absolute Gasteiger partial charge is 0.211 e. The van der Waals surface area contributed by atoms with Crippen molar-refractivity contribution in [2.45, 2.75) is 20.0 Å². The zero-order chi connectivity index (χ0) is 24.6. The van der Waals surface area contributed by atoms with Crippen molar-refractivity contribution in [2.24, 2.45) is 0 Å². The van der Waals surface area contributed by atoms with Gasteiger partial charge in [0, 0.05) is 16.7 Å². The highest BCUT2D eigenvalue weighted by atomic mass is 19.4. The van der Waals surface area contributed by atoms with Crippen molar-refractivity contribution in [3.05, 3.63) is 108 Å². The normalized spacial score (nSPS) is 11.6. The summed E-state index contributed by atoms with van der Waals surface area (Å²) in [5.41, 5.74) is 4.65. The van der Waals surface area contributed by atoms with Gasteiger partial charge in [-0.3, -0.25) is 0 Å². The van der Waals surface area contributed by atoms with Gasteiger partial charge in [0.1, 0.15) is 0 Å². The fourth-order valence-electron chi connectivity index (χ4n) is 3.92. The summed E-state index contributed by atoms with van der Waals surface area (Å²) < 4.78 is 42.9. The van der Waals surface area contributed by atoms with E-state index < -0.39 is 11.9 Å². The number of benzene rings is 3. The molecule has 0 amide bonds. The first kappa shape index (κ1) is 22.5. The van der Waals surface area contributed by atoms with Gasteiger partial charge in [-0.2, -0.15) is 23.0 Å². The van der Waals surface area contributed by atoms with Crippen LogP contribution in [0.5, 0.6) is 0 Å². The van der Waals surface area contributed by atoms with Crippen LogP contribution >= 0.6 is 0 Å². The summed E-state index contributed by atoms with van der Waals surface area (Å²) >= 11 is 0. The van der Waals surface area contributed by atoms with E-state index in [2.05, 4.69) is 15.1 Å². The second-order valence-electron chi connectivity index (χ2n) is 8.37. The molecule has 174 valence electrons. The van der Waals surface area contributed by atoms with Gasteiger partial charge in [-0.15, -0.1) is 0 Å². The summed E-state index contributed by atoms with van der Waals surface area (Å²) in [6.45, 7) is 3.93. The third-order valence-corrected chi connectivity index (χ3v) is 5.60. The minimum atomic E-state index is -4.64. The summed E-state index contributed by atoms with van der Waals surface area (Å²) in [4.78, 5) is 8.41. The zero-order valence-electron chi connectivity index (χ0n) is 19.1. The van der Waals surface area contributed by atoms with Crippen molar-refractivity contribution in [1.82, 2.24) is 19.7 Å². The molecule has 5 rings (SSSR count). The van der Waals surface area contributed by atoms with Crippen molar-refractivity contribution in [3.63, 3.8) is 0 Å². The first-order chi connectivity index (χ1) is 16.8. The van der Waals surface area contributed by atoms with Crippen molar-refractivity contribution in [3.8, 4) is 39.7 Å². The van der Waals surface area contributed by atoms with Crippen LogP contribution < -0.4 is 0 Å². The van der Waals surface area contributed by atoms with E-state index in [1.54, 1.807) is 30.3 Å². The van der Waals surface area contributed by atoms with Crippen LogP contribution in [0, 0.1) is 13.8 Å². The highest BCUT2D eigenvalue weighted by Gasteiger charge is 2.34. The van der Waals surface area contributed by atoms with E-state index in [-0.39, 0.29) is 11.6 Å². The van der Waals surface area contributed by atoms with Gasteiger partial charge in [0.2, 0.25) is 0 Å². The van der Waals surface area contributed by atoms with Crippen molar-refractivity contribution in [2.75, 3.05) is 0 Å². The Morgan fingerprint density at radius 2 is 1.26 bits per heavy atom. The second kappa shape index (κ2) is 8.83. The van der Waals surface area contributed by atoms with Crippen LogP contribution in [0.3, 0.4) is 0 Å². The first-order valence-corrected chi connectivity index (χ1v) is 11.0. The summed E-state index contributed by atoms with van der Waals surface area (Å²) in [5.74, 6) is -0.144. The Balaban J connectivity index is 1.77. The van der Waals surface area contributed by atoms with E-state index in [1.807, 2.05) is 68.4 Å². The molecule has 0 saturated carbocycles. The van der Waals surface area contributed by atoms with Gasteiger partial charge in [0.05, 0.1) is 17.1 Å². The lowest BCUT2D eigenvalue weighted by atomic mass is 10.1. The first-order valence-electron chi connectivity index (χ1n) is 11.0. The van der Waals surface area contributed by atoms with Crippen molar-refractivity contribution >= 4 is 0 Å². The van der Waals surface area contributed by atoms with Crippen LogP contribution in [0.25, 0.3) is 39.7 Å². The number of aromatic nitrogens is 4. The van der Waals surface area contributed by atoms with Crippen molar-refractivity contribution < 1.29 is 13.2 Å². The Morgan fingerprint density at radius 3 is 1.91 bits per heavy atom. The number of hydrogen-bond donors (Lipinski definition) is 0. The fraction of sp³-hybridized carbons (Fsp3) is 0.107. The summed E-state index contributed by atoms with van der Waals surface area (Å²) in [6, 6.07) is 27.1. The number of hydrogen-bond acceptors (Lipinski definition) is 3.